The van der Waals surface area contributed by atoms with Gasteiger partial charge in [-0.05, 0) is 31.0 Å². The number of nitrogens with zero attached hydrogens (tertiary/aromatic N) is 2. The summed E-state index contributed by atoms with van der Waals surface area (Å²) >= 11 is 5.96. The molecule has 1 aliphatic heterocycles. The Hall–Kier alpha value is -1.42. The number of sulfonamides is 1. The highest BCUT2D eigenvalue weighted by molar-refractivity contribution is 7.89. The zero-order valence-corrected chi connectivity index (χ0v) is 12.2. The highest BCUT2D eigenvalue weighted by Gasteiger charge is 2.34. The smallest absolute Gasteiger partial charge is 0.245 e. The first kappa shape index (κ1) is 15.0. The topological polar surface area (TPSA) is 78.2 Å². The Balaban J connectivity index is 2.44. The molecule has 0 N–H and O–H groups in total. The van der Waals surface area contributed by atoms with Crippen molar-refractivity contribution < 1.29 is 13.2 Å². The van der Waals surface area contributed by atoms with E-state index in [4.69, 9.17) is 16.9 Å². The Morgan fingerprint density at radius 1 is 1.40 bits per heavy atom. The summed E-state index contributed by atoms with van der Waals surface area (Å²) < 4.78 is 26.3. The zero-order valence-electron chi connectivity index (χ0n) is 10.6. The van der Waals surface area contributed by atoms with Crippen molar-refractivity contribution in [1.29, 1.82) is 5.26 Å². The van der Waals surface area contributed by atoms with Gasteiger partial charge in [0.25, 0.3) is 0 Å². The van der Waals surface area contributed by atoms with Gasteiger partial charge in [0.1, 0.15) is 11.2 Å². The fourth-order valence-electron chi connectivity index (χ4n) is 2.27. The van der Waals surface area contributed by atoms with E-state index in [1.54, 1.807) is 0 Å². The van der Waals surface area contributed by atoms with Crippen LogP contribution < -0.4 is 0 Å². The molecule has 1 heterocycles. The molecule has 1 aromatic carbocycles. The predicted molar refractivity (Wildman–Crippen MR) is 73.8 cm³/mol. The van der Waals surface area contributed by atoms with Gasteiger partial charge in [-0.3, -0.25) is 0 Å². The molecule has 0 amide bonds. The quantitative estimate of drug-likeness (QED) is 0.799. The van der Waals surface area contributed by atoms with Crippen molar-refractivity contribution in [2.75, 3.05) is 6.54 Å². The van der Waals surface area contributed by atoms with E-state index in [0.29, 0.717) is 24.8 Å². The lowest BCUT2D eigenvalue weighted by Crippen LogP contribution is -2.44. The van der Waals surface area contributed by atoms with Gasteiger partial charge in [0.15, 0.2) is 0 Å². The second-order valence-corrected chi connectivity index (χ2v) is 6.84. The molecule has 0 aliphatic carbocycles. The van der Waals surface area contributed by atoms with Crippen molar-refractivity contribution in [3.63, 3.8) is 0 Å². The fraction of sp³-hybridized carbons (Fsp3) is 0.385. The lowest BCUT2D eigenvalue weighted by molar-refractivity contribution is -0.111. The van der Waals surface area contributed by atoms with Crippen LogP contribution in [0.1, 0.15) is 24.8 Å². The second kappa shape index (κ2) is 5.92. The molecule has 0 saturated carbocycles. The summed E-state index contributed by atoms with van der Waals surface area (Å²) in [5, 5.41) is 8.77. The number of nitriles is 1. The van der Waals surface area contributed by atoms with E-state index < -0.39 is 16.1 Å². The lowest BCUT2D eigenvalue weighted by atomic mass is 10.1. The number of piperidine rings is 1. The van der Waals surface area contributed by atoms with Crippen molar-refractivity contribution in [3.05, 3.63) is 28.8 Å². The van der Waals surface area contributed by atoms with Crippen molar-refractivity contribution in [3.8, 4) is 6.07 Å². The lowest BCUT2D eigenvalue weighted by Gasteiger charge is -2.31. The normalized spacial score (nSPS) is 20.3. The molecule has 0 spiro atoms. The number of aldehydes is 1. The van der Waals surface area contributed by atoms with Gasteiger partial charge in [-0.2, -0.15) is 9.57 Å². The molecule has 1 aromatic rings. The highest BCUT2D eigenvalue weighted by atomic mass is 35.5. The summed E-state index contributed by atoms with van der Waals surface area (Å²) in [6.45, 7) is 0.308. The van der Waals surface area contributed by atoms with Crippen LogP contribution in [0, 0.1) is 11.3 Å². The third-order valence-electron chi connectivity index (χ3n) is 3.30. The average molecular weight is 313 g/mol. The maximum atomic E-state index is 12.6. The van der Waals surface area contributed by atoms with Gasteiger partial charge < -0.3 is 4.79 Å². The molecule has 7 heteroatoms. The predicted octanol–water partition coefficient (Wildman–Crippen LogP) is 1.95. The largest absolute Gasteiger partial charge is 0.302 e. The minimum Gasteiger partial charge on any atom is -0.302 e. The van der Waals surface area contributed by atoms with Gasteiger partial charge in [0.2, 0.25) is 10.0 Å². The van der Waals surface area contributed by atoms with Crippen LogP contribution in [-0.2, 0) is 14.8 Å². The molecule has 1 atom stereocenters. The van der Waals surface area contributed by atoms with Crippen LogP contribution in [0.5, 0.6) is 0 Å². The van der Waals surface area contributed by atoms with Crippen LogP contribution in [-0.4, -0.2) is 31.6 Å². The van der Waals surface area contributed by atoms with Crippen molar-refractivity contribution in [2.24, 2.45) is 0 Å². The van der Waals surface area contributed by atoms with E-state index in [-0.39, 0.29) is 9.92 Å². The van der Waals surface area contributed by atoms with Gasteiger partial charge in [-0.25, -0.2) is 8.42 Å². The third-order valence-corrected chi connectivity index (χ3v) is 5.71. The number of carbonyl (C=O) groups is 1. The maximum Gasteiger partial charge on any atom is 0.245 e. The van der Waals surface area contributed by atoms with Crippen LogP contribution in [0.3, 0.4) is 0 Å². The summed E-state index contributed by atoms with van der Waals surface area (Å²) in [4.78, 5) is 11.0. The zero-order chi connectivity index (χ0) is 14.8. The molecular formula is C13H13ClN2O3S. The standard InChI is InChI=1S/C13H13ClN2O3S/c14-12-7-10(8-15)4-5-13(12)20(18,19)16-6-2-1-3-11(16)9-17/h4-5,7,9,11H,1-3,6H2. The van der Waals surface area contributed by atoms with E-state index in [2.05, 4.69) is 0 Å². The minimum atomic E-state index is -3.82. The highest BCUT2D eigenvalue weighted by Crippen LogP contribution is 2.29. The Morgan fingerprint density at radius 2 is 2.15 bits per heavy atom. The molecule has 5 nitrogen and oxygen atoms in total. The second-order valence-electron chi connectivity index (χ2n) is 4.57. The average Bonchev–Trinajstić information content (AvgIpc) is 2.46. The Morgan fingerprint density at radius 3 is 2.75 bits per heavy atom. The molecule has 0 radical (unpaired) electrons. The van der Waals surface area contributed by atoms with E-state index in [1.165, 1.54) is 22.5 Å². The molecule has 1 saturated heterocycles. The van der Waals surface area contributed by atoms with Crippen LogP contribution >= 0.6 is 11.6 Å². The van der Waals surface area contributed by atoms with E-state index in [9.17, 15) is 13.2 Å². The first-order valence-electron chi connectivity index (χ1n) is 6.17. The summed E-state index contributed by atoms with van der Waals surface area (Å²) in [6.07, 6.45) is 2.74. The van der Waals surface area contributed by atoms with Crippen molar-refractivity contribution in [2.45, 2.75) is 30.2 Å². The van der Waals surface area contributed by atoms with Gasteiger partial charge in [0, 0.05) is 6.54 Å². The number of hydrogen-bond donors (Lipinski definition) is 0. The molecule has 0 bridgehead atoms. The fourth-order valence-corrected chi connectivity index (χ4v) is 4.42. The molecule has 2 rings (SSSR count). The van der Waals surface area contributed by atoms with Gasteiger partial charge in [0.05, 0.1) is 22.7 Å². The summed E-state index contributed by atoms with van der Waals surface area (Å²) in [5.41, 5.74) is 0.291. The number of hydrogen-bond acceptors (Lipinski definition) is 4. The molecule has 106 valence electrons. The van der Waals surface area contributed by atoms with Crippen molar-refractivity contribution >= 4 is 27.9 Å². The molecule has 1 unspecified atom stereocenters. The Kier molecular flexibility index (Phi) is 4.43. The summed E-state index contributed by atoms with van der Waals surface area (Å²) in [7, 11) is -3.82. The minimum absolute atomic E-state index is 0.000674. The van der Waals surface area contributed by atoms with Gasteiger partial charge >= 0.3 is 0 Å². The molecule has 1 aliphatic rings. The SMILES string of the molecule is N#Cc1ccc(S(=O)(=O)N2CCCCC2C=O)c(Cl)c1. The molecular weight excluding hydrogens is 300 g/mol. The van der Waals surface area contributed by atoms with E-state index in [1.807, 2.05) is 6.07 Å². The summed E-state index contributed by atoms with van der Waals surface area (Å²) in [6, 6.07) is 5.29. The first-order chi connectivity index (χ1) is 9.50. The van der Waals surface area contributed by atoms with Crippen LogP contribution in [0.15, 0.2) is 23.1 Å². The number of benzene rings is 1. The molecule has 0 aromatic heterocycles. The van der Waals surface area contributed by atoms with Crippen LogP contribution in [0.4, 0.5) is 0 Å². The van der Waals surface area contributed by atoms with Crippen LogP contribution in [0.2, 0.25) is 5.02 Å². The first-order valence-corrected chi connectivity index (χ1v) is 7.99. The van der Waals surface area contributed by atoms with Crippen LogP contribution in [0.25, 0.3) is 0 Å². The number of halogens is 1. The van der Waals surface area contributed by atoms with Crippen molar-refractivity contribution in [1.82, 2.24) is 4.31 Å². The summed E-state index contributed by atoms with van der Waals surface area (Å²) in [5.74, 6) is 0. The van der Waals surface area contributed by atoms with Gasteiger partial charge in [-0.15, -0.1) is 0 Å². The number of carbonyl (C=O) groups excluding carboxylic acids is 1. The molecule has 1 fully saturated rings. The monoisotopic (exact) mass is 312 g/mol. The maximum absolute atomic E-state index is 12.6. The Labute approximate surface area is 122 Å². The van der Waals surface area contributed by atoms with E-state index in [0.717, 1.165) is 12.8 Å². The molecule has 20 heavy (non-hydrogen) atoms. The third kappa shape index (κ3) is 2.70. The Bertz CT molecular complexity index is 667. The van der Waals surface area contributed by atoms with Gasteiger partial charge in [-0.1, -0.05) is 18.0 Å². The van der Waals surface area contributed by atoms with E-state index >= 15 is 0 Å². The number of rotatable bonds is 3.